The minimum atomic E-state index is -0.233. The van der Waals surface area contributed by atoms with Crippen molar-refractivity contribution in [1.29, 1.82) is 0 Å². The van der Waals surface area contributed by atoms with Crippen LogP contribution in [0.1, 0.15) is 50.1 Å². The molecule has 0 spiro atoms. The fourth-order valence-corrected chi connectivity index (χ4v) is 5.47. The average Bonchev–Trinajstić information content (AvgIpc) is 3.25. The summed E-state index contributed by atoms with van der Waals surface area (Å²) in [5, 5.41) is 12.2. The van der Waals surface area contributed by atoms with Crippen molar-refractivity contribution in [3.05, 3.63) is 53.5 Å². The van der Waals surface area contributed by atoms with Crippen LogP contribution in [0, 0.1) is 5.92 Å². The summed E-state index contributed by atoms with van der Waals surface area (Å²) >= 11 is 0. The standard InChI is InChI=1S/C26H35FN6/c1-17(2)14-33-18(3)11-22-21(6-8-24-23(22)13-29-31-24)26(33)25-7-5-19(12-28-25)30-20-15-32(16-20)10-4-9-27/h5-8,12-13,17-18,20,26,30H,4,9-11,14-16H2,1-3H3,(H,29,31)/t18-,26?/m1/s1. The van der Waals surface area contributed by atoms with E-state index in [-0.39, 0.29) is 12.7 Å². The Balaban J connectivity index is 1.39. The van der Waals surface area contributed by atoms with E-state index in [1.54, 1.807) is 0 Å². The van der Waals surface area contributed by atoms with E-state index in [9.17, 15) is 4.39 Å². The normalized spacial score (nSPS) is 22.0. The van der Waals surface area contributed by atoms with Crippen molar-refractivity contribution < 1.29 is 4.39 Å². The number of hydrogen-bond donors (Lipinski definition) is 2. The highest BCUT2D eigenvalue weighted by molar-refractivity contribution is 5.83. The van der Waals surface area contributed by atoms with Crippen molar-refractivity contribution in [2.45, 2.75) is 51.7 Å². The molecule has 6 nitrogen and oxygen atoms in total. The second-order valence-electron chi connectivity index (χ2n) is 10.1. The van der Waals surface area contributed by atoms with E-state index in [0.29, 0.717) is 24.4 Å². The Labute approximate surface area is 195 Å². The summed E-state index contributed by atoms with van der Waals surface area (Å²) in [7, 11) is 0. The molecule has 2 atom stereocenters. The molecule has 33 heavy (non-hydrogen) atoms. The number of pyridine rings is 1. The van der Waals surface area contributed by atoms with Gasteiger partial charge in [-0.25, -0.2) is 0 Å². The predicted octanol–water partition coefficient (Wildman–Crippen LogP) is 4.41. The van der Waals surface area contributed by atoms with Crippen LogP contribution in [0.5, 0.6) is 0 Å². The summed E-state index contributed by atoms with van der Waals surface area (Å²) in [4.78, 5) is 9.86. The number of anilines is 1. The van der Waals surface area contributed by atoms with Crippen molar-refractivity contribution in [1.82, 2.24) is 25.0 Å². The van der Waals surface area contributed by atoms with E-state index < -0.39 is 0 Å². The molecule has 1 fully saturated rings. The zero-order valence-electron chi connectivity index (χ0n) is 19.9. The van der Waals surface area contributed by atoms with E-state index in [2.05, 4.69) is 70.4 Å². The van der Waals surface area contributed by atoms with Crippen LogP contribution >= 0.6 is 0 Å². The van der Waals surface area contributed by atoms with Crippen molar-refractivity contribution in [3.8, 4) is 0 Å². The number of likely N-dealkylation sites (tertiary alicyclic amines) is 1. The van der Waals surface area contributed by atoms with Crippen LogP contribution in [0.25, 0.3) is 10.9 Å². The first-order valence-electron chi connectivity index (χ1n) is 12.2. The highest BCUT2D eigenvalue weighted by Crippen LogP contribution is 2.40. The number of nitrogens with zero attached hydrogens (tertiary/aromatic N) is 4. The van der Waals surface area contributed by atoms with E-state index in [1.807, 2.05) is 12.4 Å². The third kappa shape index (κ3) is 4.49. The first kappa shape index (κ1) is 22.3. The summed E-state index contributed by atoms with van der Waals surface area (Å²) in [6.45, 7) is 10.5. The number of hydrogen-bond acceptors (Lipinski definition) is 5. The monoisotopic (exact) mass is 450 g/mol. The van der Waals surface area contributed by atoms with Gasteiger partial charge in [0.05, 0.1) is 48.0 Å². The van der Waals surface area contributed by atoms with Gasteiger partial charge in [0.25, 0.3) is 0 Å². The molecule has 0 aliphatic carbocycles. The smallest absolute Gasteiger partial charge is 0.0906 e. The number of rotatable bonds is 8. The lowest BCUT2D eigenvalue weighted by atomic mass is 9.84. The van der Waals surface area contributed by atoms with Gasteiger partial charge in [0.15, 0.2) is 0 Å². The van der Waals surface area contributed by atoms with Crippen LogP contribution in [0.4, 0.5) is 10.1 Å². The first-order valence-corrected chi connectivity index (χ1v) is 12.2. The summed E-state index contributed by atoms with van der Waals surface area (Å²) < 4.78 is 12.4. The first-order chi connectivity index (χ1) is 16.0. The van der Waals surface area contributed by atoms with Crippen LogP contribution in [0.3, 0.4) is 0 Å². The minimum absolute atomic E-state index is 0.138. The maximum atomic E-state index is 12.4. The molecular formula is C26H35FN6. The Hall–Kier alpha value is -2.51. The molecular weight excluding hydrogens is 415 g/mol. The fraction of sp³-hybridized carbons (Fsp3) is 0.538. The second kappa shape index (κ2) is 9.39. The molecule has 3 aromatic rings. The molecule has 5 rings (SSSR count). The quantitative estimate of drug-likeness (QED) is 0.533. The van der Waals surface area contributed by atoms with Crippen molar-refractivity contribution in [2.75, 3.05) is 38.2 Å². The molecule has 2 aliphatic heterocycles. The SMILES string of the molecule is CC(C)CN1C(c2ccc(NC3CN(CCCF)C3)cn2)c2ccc3[nH]ncc3c2C[C@H]1C. The predicted molar refractivity (Wildman–Crippen MR) is 131 cm³/mol. The van der Waals surface area contributed by atoms with Gasteiger partial charge in [-0.1, -0.05) is 19.9 Å². The molecule has 0 saturated carbocycles. The van der Waals surface area contributed by atoms with E-state index in [0.717, 1.165) is 49.5 Å². The third-order valence-corrected chi connectivity index (χ3v) is 7.04. The summed E-state index contributed by atoms with van der Waals surface area (Å²) in [5.41, 5.74) is 5.99. The van der Waals surface area contributed by atoms with Crippen molar-refractivity contribution in [2.24, 2.45) is 5.92 Å². The van der Waals surface area contributed by atoms with Crippen LogP contribution in [0.2, 0.25) is 0 Å². The molecule has 1 unspecified atom stereocenters. The van der Waals surface area contributed by atoms with Gasteiger partial charge in [-0.3, -0.25) is 24.3 Å². The fourth-order valence-electron chi connectivity index (χ4n) is 5.47. The number of fused-ring (bicyclic) bond motifs is 3. The van der Waals surface area contributed by atoms with E-state index in [4.69, 9.17) is 4.98 Å². The molecule has 2 N–H and O–H groups in total. The van der Waals surface area contributed by atoms with Crippen LogP contribution < -0.4 is 5.32 Å². The Kier molecular flexibility index (Phi) is 6.34. The van der Waals surface area contributed by atoms with Crippen LogP contribution in [-0.4, -0.2) is 69.9 Å². The van der Waals surface area contributed by atoms with Crippen LogP contribution in [-0.2, 0) is 6.42 Å². The van der Waals surface area contributed by atoms with Crippen molar-refractivity contribution in [3.63, 3.8) is 0 Å². The maximum absolute atomic E-state index is 12.4. The van der Waals surface area contributed by atoms with E-state index in [1.165, 1.54) is 16.5 Å². The Morgan fingerprint density at radius 3 is 2.76 bits per heavy atom. The van der Waals surface area contributed by atoms with Gasteiger partial charge in [0, 0.05) is 37.6 Å². The minimum Gasteiger partial charge on any atom is -0.378 e. The lowest BCUT2D eigenvalue weighted by Crippen LogP contribution is -2.54. The zero-order valence-corrected chi connectivity index (χ0v) is 19.9. The third-order valence-electron chi connectivity index (χ3n) is 7.04. The van der Waals surface area contributed by atoms with Crippen LogP contribution in [0.15, 0.2) is 36.7 Å². The molecule has 1 saturated heterocycles. The lowest BCUT2D eigenvalue weighted by molar-refractivity contribution is 0.131. The Bertz CT molecular complexity index is 1070. The van der Waals surface area contributed by atoms with Crippen molar-refractivity contribution >= 4 is 16.6 Å². The maximum Gasteiger partial charge on any atom is 0.0906 e. The van der Waals surface area contributed by atoms with Gasteiger partial charge in [0.1, 0.15) is 0 Å². The number of alkyl halides is 1. The molecule has 176 valence electrons. The van der Waals surface area contributed by atoms with Gasteiger partial charge >= 0.3 is 0 Å². The summed E-state index contributed by atoms with van der Waals surface area (Å²) in [5.74, 6) is 0.578. The van der Waals surface area contributed by atoms with E-state index >= 15 is 0 Å². The lowest BCUT2D eigenvalue weighted by Gasteiger charge is -2.43. The molecule has 2 aliphatic rings. The highest BCUT2D eigenvalue weighted by atomic mass is 19.1. The molecule has 1 aromatic carbocycles. The molecule has 7 heteroatoms. The van der Waals surface area contributed by atoms with Gasteiger partial charge in [0.2, 0.25) is 0 Å². The molecule has 0 radical (unpaired) electrons. The molecule has 0 amide bonds. The molecule has 4 heterocycles. The van der Waals surface area contributed by atoms with Gasteiger partial charge in [-0.15, -0.1) is 0 Å². The Morgan fingerprint density at radius 1 is 1.18 bits per heavy atom. The zero-order chi connectivity index (χ0) is 22.9. The van der Waals surface area contributed by atoms with Gasteiger partial charge in [-0.2, -0.15) is 5.10 Å². The Morgan fingerprint density at radius 2 is 2.03 bits per heavy atom. The summed E-state index contributed by atoms with van der Waals surface area (Å²) in [6.07, 6.45) is 5.59. The highest BCUT2D eigenvalue weighted by Gasteiger charge is 2.35. The number of nitrogens with one attached hydrogen (secondary N) is 2. The topological polar surface area (TPSA) is 60.1 Å². The molecule has 0 bridgehead atoms. The molecule has 2 aromatic heterocycles. The summed E-state index contributed by atoms with van der Waals surface area (Å²) in [6, 6.07) is 9.73. The number of aromatic nitrogens is 3. The number of H-pyrrole nitrogens is 1. The van der Waals surface area contributed by atoms with Gasteiger partial charge < -0.3 is 5.32 Å². The number of halogens is 1. The number of aromatic amines is 1. The van der Waals surface area contributed by atoms with Gasteiger partial charge in [-0.05, 0) is 55.0 Å². The second-order valence-corrected chi connectivity index (χ2v) is 10.1. The number of benzene rings is 1. The average molecular weight is 451 g/mol. The largest absolute Gasteiger partial charge is 0.378 e.